The lowest BCUT2D eigenvalue weighted by Gasteiger charge is -2.11. The fourth-order valence-electron chi connectivity index (χ4n) is 1.95. The molecule has 1 aromatic rings. The van der Waals surface area contributed by atoms with Crippen LogP contribution in [0.5, 0.6) is 0 Å². The minimum atomic E-state index is 0. The number of nitrogens with zero attached hydrogens (tertiary/aromatic N) is 1. The summed E-state index contributed by atoms with van der Waals surface area (Å²) < 4.78 is 0. The number of benzene rings is 1. The Morgan fingerprint density at radius 2 is 1.90 bits per heavy atom. The molecule has 0 aliphatic heterocycles. The second kappa shape index (κ2) is 10.7. The average molecular weight is 402 g/mol. The van der Waals surface area contributed by atoms with E-state index in [-0.39, 0.29) is 24.0 Å². The monoisotopic (exact) mass is 402 g/mol. The van der Waals surface area contributed by atoms with Crippen LogP contribution < -0.4 is 16.0 Å². The van der Waals surface area contributed by atoms with Crippen LogP contribution in [0, 0.1) is 5.92 Å². The van der Waals surface area contributed by atoms with Gasteiger partial charge in [0.2, 0.25) is 0 Å². The quantitative estimate of drug-likeness (QED) is 0.271. The molecule has 118 valence electrons. The summed E-state index contributed by atoms with van der Waals surface area (Å²) in [5.74, 6) is 1.80. The van der Waals surface area contributed by atoms with Crippen molar-refractivity contribution in [1.29, 1.82) is 0 Å². The fourth-order valence-corrected chi connectivity index (χ4v) is 1.95. The first-order chi connectivity index (χ1) is 9.88. The lowest BCUT2D eigenvalue weighted by Crippen LogP contribution is -2.38. The van der Waals surface area contributed by atoms with Crippen molar-refractivity contribution in [2.75, 3.05) is 31.5 Å². The molecular weight excluding hydrogens is 375 g/mol. The lowest BCUT2D eigenvalue weighted by atomic mass is 10.3. The number of hydrogen-bond donors (Lipinski definition) is 3. The SMILES string of the molecule is CCNC(=NCC1CC1)NCCCNc1ccccc1.I. The molecule has 21 heavy (non-hydrogen) atoms. The molecule has 0 aromatic heterocycles. The molecule has 1 saturated carbocycles. The van der Waals surface area contributed by atoms with E-state index in [2.05, 4.69) is 40.0 Å². The average Bonchev–Trinajstić information content (AvgIpc) is 3.29. The van der Waals surface area contributed by atoms with Gasteiger partial charge in [0.15, 0.2) is 5.96 Å². The zero-order valence-corrected chi connectivity index (χ0v) is 15.1. The number of rotatable bonds is 8. The van der Waals surface area contributed by atoms with Crippen molar-refractivity contribution in [3.63, 3.8) is 0 Å². The van der Waals surface area contributed by atoms with Gasteiger partial charge in [-0.05, 0) is 44.2 Å². The number of anilines is 1. The third-order valence-corrected chi connectivity index (χ3v) is 3.30. The molecule has 0 amide bonds. The van der Waals surface area contributed by atoms with Gasteiger partial charge < -0.3 is 16.0 Å². The van der Waals surface area contributed by atoms with Gasteiger partial charge in [-0.3, -0.25) is 4.99 Å². The molecule has 1 aromatic carbocycles. The van der Waals surface area contributed by atoms with E-state index in [0.717, 1.165) is 44.5 Å². The topological polar surface area (TPSA) is 48.5 Å². The summed E-state index contributed by atoms with van der Waals surface area (Å²) in [4.78, 5) is 4.61. The van der Waals surface area contributed by atoms with Crippen molar-refractivity contribution in [3.05, 3.63) is 30.3 Å². The van der Waals surface area contributed by atoms with Crippen molar-refractivity contribution in [1.82, 2.24) is 10.6 Å². The highest BCUT2D eigenvalue weighted by atomic mass is 127. The summed E-state index contributed by atoms with van der Waals surface area (Å²) in [6.07, 6.45) is 3.77. The van der Waals surface area contributed by atoms with Gasteiger partial charge >= 0.3 is 0 Å². The third-order valence-electron chi connectivity index (χ3n) is 3.30. The van der Waals surface area contributed by atoms with Crippen LogP contribution in [0.4, 0.5) is 5.69 Å². The molecule has 1 aliphatic carbocycles. The Kier molecular flexibility index (Phi) is 9.21. The van der Waals surface area contributed by atoms with Crippen LogP contribution >= 0.6 is 24.0 Å². The van der Waals surface area contributed by atoms with Crippen LogP contribution in [0.2, 0.25) is 0 Å². The maximum absolute atomic E-state index is 4.61. The summed E-state index contributed by atoms with van der Waals surface area (Å²) in [7, 11) is 0. The Bertz CT molecular complexity index is 404. The normalized spacial score (nSPS) is 14.2. The second-order valence-electron chi connectivity index (χ2n) is 5.24. The highest BCUT2D eigenvalue weighted by molar-refractivity contribution is 14.0. The molecule has 0 heterocycles. The van der Waals surface area contributed by atoms with Crippen molar-refractivity contribution in [3.8, 4) is 0 Å². The van der Waals surface area contributed by atoms with Gasteiger partial charge in [-0.1, -0.05) is 18.2 Å². The van der Waals surface area contributed by atoms with Crippen molar-refractivity contribution in [2.24, 2.45) is 10.9 Å². The van der Waals surface area contributed by atoms with Gasteiger partial charge in [0.1, 0.15) is 0 Å². The van der Waals surface area contributed by atoms with Crippen molar-refractivity contribution < 1.29 is 0 Å². The number of aliphatic imine (C=N–C) groups is 1. The number of nitrogens with one attached hydrogen (secondary N) is 3. The maximum Gasteiger partial charge on any atom is 0.191 e. The van der Waals surface area contributed by atoms with Crippen molar-refractivity contribution in [2.45, 2.75) is 26.2 Å². The summed E-state index contributed by atoms with van der Waals surface area (Å²) in [5, 5.41) is 10.1. The molecular formula is C16H27IN4. The lowest BCUT2D eigenvalue weighted by molar-refractivity contribution is 0.753. The van der Waals surface area contributed by atoms with E-state index in [4.69, 9.17) is 0 Å². The zero-order valence-electron chi connectivity index (χ0n) is 12.8. The number of para-hydroxylation sites is 1. The van der Waals surface area contributed by atoms with Gasteiger partial charge in [0.25, 0.3) is 0 Å². The van der Waals surface area contributed by atoms with Gasteiger partial charge in [-0.25, -0.2) is 0 Å². The molecule has 0 bridgehead atoms. The molecule has 1 fully saturated rings. The Morgan fingerprint density at radius 3 is 2.57 bits per heavy atom. The smallest absolute Gasteiger partial charge is 0.191 e. The Hall–Kier alpha value is -0.980. The van der Waals surface area contributed by atoms with E-state index < -0.39 is 0 Å². The predicted molar refractivity (Wildman–Crippen MR) is 102 cm³/mol. The van der Waals surface area contributed by atoms with E-state index in [1.165, 1.54) is 18.5 Å². The van der Waals surface area contributed by atoms with Crippen LogP contribution in [0.25, 0.3) is 0 Å². The van der Waals surface area contributed by atoms with E-state index in [0.29, 0.717) is 0 Å². The zero-order chi connectivity index (χ0) is 14.0. The molecule has 0 unspecified atom stereocenters. The molecule has 0 atom stereocenters. The minimum absolute atomic E-state index is 0. The van der Waals surface area contributed by atoms with Gasteiger partial charge in [0, 0.05) is 31.9 Å². The minimum Gasteiger partial charge on any atom is -0.385 e. The second-order valence-corrected chi connectivity index (χ2v) is 5.24. The van der Waals surface area contributed by atoms with E-state index in [1.54, 1.807) is 0 Å². The van der Waals surface area contributed by atoms with Gasteiger partial charge in [-0.15, -0.1) is 24.0 Å². The molecule has 5 heteroatoms. The molecule has 4 nitrogen and oxygen atoms in total. The standard InChI is InChI=1S/C16H26N4.HI/c1-2-17-16(20-13-14-9-10-14)19-12-6-11-18-15-7-4-3-5-8-15;/h3-5,7-8,14,18H,2,6,9-13H2,1H3,(H2,17,19,20);1H. The van der Waals surface area contributed by atoms with E-state index >= 15 is 0 Å². The number of guanidine groups is 1. The molecule has 0 saturated heterocycles. The number of halogens is 1. The first-order valence-corrected chi connectivity index (χ1v) is 7.69. The third kappa shape index (κ3) is 8.14. The first kappa shape index (κ1) is 18.1. The highest BCUT2D eigenvalue weighted by Gasteiger charge is 2.20. The van der Waals surface area contributed by atoms with Gasteiger partial charge in [-0.2, -0.15) is 0 Å². The van der Waals surface area contributed by atoms with E-state index in [9.17, 15) is 0 Å². The Morgan fingerprint density at radius 1 is 1.14 bits per heavy atom. The molecule has 2 rings (SSSR count). The van der Waals surface area contributed by atoms with E-state index in [1.807, 2.05) is 18.2 Å². The van der Waals surface area contributed by atoms with Crippen molar-refractivity contribution >= 4 is 35.6 Å². The number of hydrogen-bond acceptors (Lipinski definition) is 2. The summed E-state index contributed by atoms with van der Waals surface area (Å²) in [6, 6.07) is 10.3. The first-order valence-electron chi connectivity index (χ1n) is 7.69. The van der Waals surface area contributed by atoms with Crippen LogP contribution in [0.1, 0.15) is 26.2 Å². The molecule has 1 aliphatic rings. The molecule has 3 N–H and O–H groups in total. The maximum atomic E-state index is 4.61. The Labute approximate surface area is 145 Å². The highest BCUT2D eigenvalue weighted by Crippen LogP contribution is 2.28. The van der Waals surface area contributed by atoms with Crippen LogP contribution in [0.3, 0.4) is 0 Å². The van der Waals surface area contributed by atoms with Crippen LogP contribution in [-0.4, -0.2) is 32.1 Å². The molecule has 0 radical (unpaired) electrons. The summed E-state index contributed by atoms with van der Waals surface area (Å²) in [6.45, 7) is 5.90. The predicted octanol–water partition coefficient (Wildman–Crippen LogP) is 3.07. The molecule has 0 spiro atoms. The summed E-state index contributed by atoms with van der Waals surface area (Å²) in [5.41, 5.74) is 1.18. The fraction of sp³-hybridized carbons (Fsp3) is 0.562. The van der Waals surface area contributed by atoms with Gasteiger partial charge in [0.05, 0.1) is 0 Å². The summed E-state index contributed by atoms with van der Waals surface area (Å²) >= 11 is 0. The largest absolute Gasteiger partial charge is 0.385 e. The Balaban J connectivity index is 0.00000220. The van der Waals surface area contributed by atoms with Crippen LogP contribution in [0.15, 0.2) is 35.3 Å². The van der Waals surface area contributed by atoms with Crippen LogP contribution in [-0.2, 0) is 0 Å².